The molecule has 0 radical (unpaired) electrons. The van der Waals surface area contributed by atoms with E-state index in [9.17, 15) is 4.79 Å². The number of carbonyl (C=O) groups excluding carboxylic acids is 1. The Kier molecular flexibility index (Phi) is 4.73. The summed E-state index contributed by atoms with van der Waals surface area (Å²) in [6.45, 7) is 4.23. The van der Waals surface area contributed by atoms with Crippen LogP contribution in [0.1, 0.15) is 20.3 Å². The number of benzene rings is 1. The van der Waals surface area contributed by atoms with Crippen LogP contribution in [0, 0.1) is 5.41 Å². The summed E-state index contributed by atoms with van der Waals surface area (Å²) in [5, 5.41) is 0. The minimum absolute atomic E-state index is 0.0395. The summed E-state index contributed by atoms with van der Waals surface area (Å²) in [7, 11) is 3.39. The van der Waals surface area contributed by atoms with E-state index in [2.05, 4.69) is 0 Å². The van der Waals surface area contributed by atoms with E-state index < -0.39 is 5.41 Å². The van der Waals surface area contributed by atoms with Gasteiger partial charge in [0.2, 0.25) is 5.91 Å². The summed E-state index contributed by atoms with van der Waals surface area (Å²) >= 11 is 0. The summed E-state index contributed by atoms with van der Waals surface area (Å²) < 4.78 is 5.10. The zero-order chi connectivity index (χ0) is 13.8. The number of nitrogens with two attached hydrogens (primary N) is 1. The zero-order valence-corrected chi connectivity index (χ0v) is 11.6. The summed E-state index contributed by atoms with van der Waals surface area (Å²) in [5.74, 6) is 0.814. The lowest BCUT2D eigenvalue weighted by atomic mass is 9.86. The quantitative estimate of drug-likeness (QED) is 0.870. The number of anilines is 1. The molecular weight excluding hydrogens is 228 g/mol. The Hall–Kier alpha value is -1.55. The summed E-state index contributed by atoms with van der Waals surface area (Å²) in [5.41, 5.74) is 6.05. The van der Waals surface area contributed by atoms with Crippen molar-refractivity contribution in [1.82, 2.24) is 0 Å². The summed E-state index contributed by atoms with van der Waals surface area (Å²) in [4.78, 5) is 14.0. The number of methoxy groups -OCH3 is 1. The van der Waals surface area contributed by atoms with E-state index in [0.29, 0.717) is 6.54 Å². The fourth-order valence-corrected chi connectivity index (χ4v) is 1.71. The molecule has 1 aromatic rings. The number of rotatable bonds is 5. The first-order valence-electron chi connectivity index (χ1n) is 6.10. The highest BCUT2D eigenvalue weighted by Gasteiger charge is 2.32. The van der Waals surface area contributed by atoms with Crippen molar-refractivity contribution in [3.63, 3.8) is 0 Å². The molecule has 4 nitrogen and oxygen atoms in total. The molecule has 0 saturated carbocycles. The topological polar surface area (TPSA) is 55.6 Å². The van der Waals surface area contributed by atoms with Gasteiger partial charge >= 0.3 is 0 Å². The minimum Gasteiger partial charge on any atom is -0.497 e. The lowest BCUT2D eigenvalue weighted by molar-refractivity contribution is -0.126. The van der Waals surface area contributed by atoms with E-state index in [-0.39, 0.29) is 5.91 Å². The van der Waals surface area contributed by atoms with Crippen LogP contribution in [0.4, 0.5) is 5.69 Å². The fourth-order valence-electron chi connectivity index (χ4n) is 1.71. The van der Waals surface area contributed by atoms with Gasteiger partial charge in [-0.05, 0) is 37.6 Å². The first-order valence-corrected chi connectivity index (χ1v) is 6.10. The van der Waals surface area contributed by atoms with Gasteiger partial charge in [-0.15, -0.1) is 0 Å². The molecule has 1 aromatic carbocycles. The van der Waals surface area contributed by atoms with Gasteiger partial charge < -0.3 is 15.4 Å². The molecule has 0 aromatic heterocycles. The zero-order valence-electron chi connectivity index (χ0n) is 11.6. The van der Waals surface area contributed by atoms with Crippen LogP contribution in [-0.4, -0.2) is 26.6 Å². The Bertz CT molecular complexity index is 397. The second-order valence-electron chi connectivity index (χ2n) is 4.68. The normalized spacial score (nSPS) is 13.8. The Labute approximate surface area is 109 Å². The van der Waals surface area contributed by atoms with Crippen LogP contribution in [0.3, 0.4) is 0 Å². The maximum absolute atomic E-state index is 12.4. The molecule has 0 aliphatic carbocycles. The van der Waals surface area contributed by atoms with Crippen molar-refractivity contribution in [1.29, 1.82) is 0 Å². The molecular formula is C14H22N2O2. The predicted octanol–water partition coefficient (Wildman–Crippen LogP) is 2.03. The van der Waals surface area contributed by atoms with E-state index in [4.69, 9.17) is 10.5 Å². The molecule has 100 valence electrons. The van der Waals surface area contributed by atoms with E-state index in [1.54, 1.807) is 19.1 Å². The molecule has 1 unspecified atom stereocenters. The number of amides is 1. The average molecular weight is 250 g/mol. The lowest BCUT2D eigenvalue weighted by Crippen LogP contribution is -2.44. The highest BCUT2D eigenvalue weighted by molar-refractivity contribution is 5.97. The Morgan fingerprint density at radius 3 is 2.33 bits per heavy atom. The third-order valence-corrected chi connectivity index (χ3v) is 3.51. The van der Waals surface area contributed by atoms with Gasteiger partial charge in [0.25, 0.3) is 0 Å². The fraction of sp³-hybridized carbons (Fsp3) is 0.500. The molecule has 4 heteroatoms. The molecule has 0 aliphatic heterocycles. The van der Waals surface area contributed by atoms with E-state index in [0.717, 1.165) is 17.9 Å². The largest absolute Gasteiger partial charge is 0.497 e. The smallest absolute Gasteiger partial charge is 0.233 e. The number of ether oxygens (including phenoxy) is 1. The molecule has 1 amide bonds. The highest BCUT2D eigenvalue weighted by atomic mass is 16.5. The maximum Gasteiger partial charge on any atom is 0.233 e. The van der Waals surface area contributed by atoms with Gasteiger partial charge in [-0.1, -0.05) is 6.92 Å². The van der Waals surface area contributed by atoms with E-state index in [1.165, 1.54) is 0 Å². The highest BCUT2D eigenvalue weighted by Crippen LogP contribution is 2.26. The summed E-state index contributed by atoms with van der Waals surface area (Å²) in [6, 6.07) is 7.41. The Balaban J connectivity index is 2.92. The van der Waals surface area contributed by atoms with Gasteiger partial charge in [-0.3, -0.25) is 4.79 Å². The van der Waals surface area contributed by atoms with Gasteiger partial charge in [0.15, 0.2) is 0 Å². The molecule has 0 heterocycles. The first-order chi connectivity index (χ1) is 8.48. The van der Waals surface area contributed by atoms with Crippen LogP contribution in [0.5, 0.6) is 5.75 Å². The van der Waals surface area contributed by atoms with Crippen LogP contribution >= 0.6 is 0 Å². The van der Waals surface area contributed by atoms with Gasteiger partial charge in [-0.25, -0.2) is 0 Å². The lowest BCUT2D eigenvalue weighted by Gasteiger charge is -2.30. The average Bonchev–Trinajstić information content (AvgIpc) is 2.44. The number of hydrogen-bond donors (Lipinski definition) is 1. The second-order valence-corrected chi connectivity index (χ2v) is 4.68. The van der Waals surface area contributed by atoms with Crippen molar-refractivity contribution in [2.75, 3.05) is 25.6 Å². The minimum atomic E-state index is -0.505. The van der Waals surface area contributed by atoms with Gasteiger partial charge in [0.1, 0.15) is 5.75 Å². The third-order valence-electron chi connectivity index (χ3n) is 3.51. The molecule has 0 spiro atoms. The summed E-state index contributed by atoms with van der Waals surface area (Å²) in [6.07, 6.45) is 0.725. The van der Waals surface area contributed by atoms with Crippen molar-refractivity contribution in [2.24, 2.45) is 11.1 Å². The van der Waals surface area contributed by atoms with Crippen molar-refractivity contribution in [3.8, 4) is 5.75 Å². The SMILES string of the molecule is CCC(C)(CN)C(=O)N(C)c1ccc(OC)cc1. The van der Waals surface area contributed by atoms with Gasteiger partial charge in [-0.2, -0.15) is 0 Å². The van der Waals surface area contributed by atoms with E-state index >= 15 is 0 Å². The van der Waals surface area contributed by atoms with Crippen molar-refractivity contribution in [2.45, 2.75) is 20.3 Å². The van der Waals surface area contributed by atoms with Crippen molar-refractivity contribution < 1.29 is 9.53 Å². The molecule has 0 bridgehead atoms. The number of nitrogens with zero attached hydrogens (tertiary/aromatic N) is 1. The van der Waals surface area contributed by atoms with Crippen LogP contribution in [-0.2, 0) is 4.79 Å². The van der Waals surface area contributed by atoms with Crippen LogP contribution in [0.15, 0.2) is 24.3 Å². The number of hydrogen-bond acceptors (Lipinski definition) is 3. The van der Waals surface area contributed by atoms with E-state index in [1.807, 2.05) is 38.1 Å². The standard InChI is InChI=1S/C14H22N2O2/c1-5-14(2,10-15)13(17)16(3)11-6-8-12(18-4)9-7-11/h6-9H,5,10,15H2,1-4H3. The molecule has 0 aliphatic rings. The monoisotopic (exact) mass is 250 g/mol. The van der Waals surface area contributed by atoms with Crippen LogP contribution < -0.4 is 15.4 Å². The third kappa shape index (κ3) is 2.82. The van der Waals surface area contributed by atoms with Crippen molar-refractivity contribution in [3.05, 3.63) is 24.3 Å². The van der Waals surface area contributed by atoms with Crippen molar-refractivity contribution >= 4 is 11.6 Å². The Morgan fingerprint density at radius 2 is 1.94 bits per heavy atom. The van der Waals surface area contributed by atoms with Crippen LogP contribution in [0.25, 0.3) is 0 Å². The van der Waals surface area contributed by atoms with Crippen LogP contribution in [0.2, 0.25) is 0 Å². The Morgan fingerprint density at radius 1 is 1.39 bits per heavy atom. The molecule has 1 atom stereocenters. The molecule has 18 heavy (non-hydrogen) atoms. The number of carbonyl (C=O) groups is 1. The predicted molar refractivity (Wildman–Crippen MR) is 73.9 cm³/mol. The van der Waals surface area contributed by atoms with Gasteiger partial charge in [0, 0.05) is 19.3 Å². The molecule has 1 rings (SSSR count). The van der Waals surface area contributed by atoms with Gasteiger partial charge in [0.05, 0.1) is 12.5 Å². The first kappa shape index (κ1) is 14.5. The molecule has 0 fully saturated rings. The second kappa shape index (κ2) is 5.87. The molecule has 2 N–H and O–H groups in total. The maximum atomic E-state index is 12.4. The molecule has 0 saturated heterocycles.